The molecule has 0 aromatic heterocycles. The first-order chi connectivity index (χ1) is 9.73. The summed E-state index contributed by atoms with van der Waals surface area (Å²) in [6.45, 7) is 0.466. The smallest absolute Gasteiger partial charge is 0.319 e. The maximum absolute atomic E-state index is 12.3. The Kier molecular flexibility index (Phi) is 3.60. The Bertz CT molecular complexity index is 508. The number of carbonyl (C=O) groups is 2. The highest BCUT2D eigenvalue weighted by atomic mass is 16.5. The van der Waals surface area contributed by atoms with E-state index in [1.165, 1.54) is 5.56 Å². The lowest BCUT2D eigenvalue weighted by atomic mass is 9.68. The van der Waals surface area contributed by atoms with Gasteiger partial charge in [0, 0.05) is 6.42 Å². The topological polar surface area (TPSA) is 43.4 Å². The Morgan fingerprint density at radius 1 is 1.20 bits per heavy atom. The number of cyclic esters (lactones) is 1. The fourth-order valence-electron chi connectivity index (χ4n) is 3.75. The second kappa shape index (κ2) is 5.39. The zero-order valence-corrected chi connectivity index (χ0v) is 11.6. The van der Waals surface area contributed by atoms with Crippen molar-refractivity contribution in [3.63, 3.8) is 0 Å². The molecule has 0 unspecified atom stereocenters. The van der Waals surface area contributed by atoms with Crippen molar-refractivity contribution in [3.05, 3.63) is 35.9 Å². The van der Waals surface area contributed by atoms with E-state index < -0.39 is 5.41 Å². The molecule has 1 heterocycles. The van der Waals surface area contributed by atoms with Crippen LogP contribution in [0.5, 0.6) is 0 Å². The van der Waals surface area contributed by atoms with Gasteiger partial charge in [-0.25, -0.2) is 0 Å². The van der Waals surface area contributed by atoms with Gasteiger partial charge in [0.1, 0.15) is 11.2 Å². The third-order valence-corrected chi connectivity index (χ3v) is 4.86. The van der Waals surface area contributed by atoms with Crippen LogP contribution in [-0.4, -0.2) is 18.4 Å². The third-order valence-electron chi connectivity index (χ3n) is 4.86. The highest BCUT2D eigenvalue weighted by molar-refractivity contribution is 6.05. The van der Waals surface area contributed by atoms with Crippen molar-refractivity contribution in [1.82, 2.24) is 0 Å². The number of hydrogen-bond donors (Lipinski definition) is 0. The lowest BCUT2D eigenvalue weighted by Gasteiger charge is -2.38. The van der Waals surface area contributed by atoms with E-state index in [0.29, 0.717) is 19.4 Å². The van der Waals surface area contributed by atoms with Gasteiger partial charge in [0.15, 0.2) is 0 Å². The van der Waals surface area contributed by atoms with Gasteiger partial charge in [-0.15, -0.1) is 0 Å². The highest BCUT2D eigenvalue weighted by Gasteiger charge is 2.56. The van der Waals surface area contributed by atoms with Crippen LogP contribution in [0.15, 0.2) is 30.3 Å². The first-order valence-corrected chi connectivity index (χ1v) is 7.48. The summed E-state index contributed by atoms with van der Waals surface area (Å²) in [5, 5.41) is 0. The molecule has 106 valence electrons. The van der Waals surface area contributed by atoms with Crippen molar-refractivity contribution < 1.29 is 14.3 Å². The molecule has 3 nitrogen and oxygen atoms in total. The van der Waals surface area contributed by atoms with Crippen LogP contribution >= 0.6 is 0 Å². The summed E-state index contributed by atoms with van der Waals surface area (Å²) in [6, 6.07) is 10.3. The van der Waals surface area contributed by atoms with E-state index in [1.807, 2.05) is 18.2 Å². The Hall–Kier alpha value is -1.64. The van der Waals surface area contributed by atoms with Gasteiger partial charge in [0.05, 0.1) is 6.61 Å². The molecule has 1 saturated heterocycles. The Morgan fingerprint density at radius 2 is 2.00 bits per heavy atom. The molecule has 0 radical (unpaired) electrons. The lowest BCUT2D eigenvalue weighted by molar-refractivity contribution is -0.171. The van der Waals surface area contributed by atoms with Crippen molar-refractivity contribution >= 4 is 11.8 Å². The van der Waals surface area contributed by atoms with Gasteiger partial charge in [-0.3, -0.25) is 9.59 Å². The predicted octanol–water partition coefficient (Wildman–Crippen LogP) is 2.92. The van der Waals surface area contributed by atoms with Gasteiger partial charge in [0.25, 0.3) is 0 Å². The van der Waals surface area contributed by atoms with Gasteiger partial charge in [-0.05, 0) is 43.6 Å². The number of ketones is 1. The number of carbonyl (C=O) groups excluding carboxylic acids is 2. The fourth-order valence-corrected chi connectivity index (χ4v) is 3.75. The van der Waals surface area contributed by atoms with Crippen LogP contribution in [0, 0.1) is 11.3 Å². The number of hydrogen-bond acceptors (Lipinski definition) is 3. The molecule has 2 fully saturated rings. The van der Waals surface area contributed by atoms with Crippen molar-refractivity contribution in [2.24, 2.45) is 11.3 Å². The van der Waals surface area contributed by atoms with Crippen LogP contribution in [0.3, 0.4) is 0 Å². The van der Waals surface area contributed by atoms with E-state index in [0.717, 1.165) is 25.7 Å². The maximum Gasteiger partial charge on any atom is 0.319 e. The molecule has 1 aliphatic heterocycles. The molecule has 1 aromatic carbocycles. The molecule has 2 aliphatic rings. The lowest BCUT2D eigenvalue weighted by Crippen LogP contribution is -2.47. The SMILES string of the molecule is O=C1CCC[C@]12C(=O)OCC[C@H]2CCc1ccccc1. The third kappa shape index (κ3) is 2.15. The summed E-state index contributed by atoms with van der Waals surface area (Å²) >= 11 is 0. The number of benzene rings is 1. The van der Waals surface area contributed by atoms with E-state index in [9.17, 15) is 9.59 Å². The van der Waals surface area contributed by atoms with Crippen LogP contribution in [-0.2, 0) is 20.7 Å². The minimum atomic E-state index is -0.812. The van der Waals surface area contributed by atoms with Crippen LogP contribution in [0.25, 0.3) is 0 Å². The first kappa shape index (κ1) is 13.3. The van der Waals surface area contributed by atoms with Crippen LogP contribution < -0.4 is 0 Å². The average molecular weight is 272 g/mol. The summed E-state index contributed by atoms with van der Waals surface area (Å²) in [7, 11) is 0. The number of esters is 1. The molecule has 0 amide bonds. The van der Waals surface area contributed by atoms with Gasteiger partial charge >= 0.3 is 5.97 Å². The number of aryl methyl sites for hydroxylation is 1. The van der Waals surface area contributed by atoms with E-state index in [-0.39, 0.29) is 17.7 Å². The van der Waals surface area contributed by atoms with Crippen LogP contribution in [0.2, 0.25) is 0 Å². The molecule has 1 saturated carbocycles. The number of rotatable bonds is 3. The molecule has 3 heteroatoms. The normalized spacial score (nSPS) is 29.7. The summed E-state index contributed by atoms with van der Waals surface area (Å²) in [6.07, 6.45) is 4.69. The van der Waals surface area contributed by atoms with Gasteiger partial charge < -0.3 is 4.74 Å². The van der Waals surface area contributed by atoms with E-state index in [4.69, 9.17) is 4.74 Å². The summed E-state index contributed by atoms with van der Waals surface area (Å²) in [5.74, 6) is 0.00327. The molecule has 2 atom stereocenters. The minimum absolute atomic E-state index is 0.111. The molecular formula is C17H20O3. The molecule has 3 rings (SSSR count). The summed E-state index contributed by atoms with van der Waals surface area (Å²) in [5.41, 5.74) is 0.458. The number of Topliss-reactive ketones (excluding diaryl/α,β-unsaturated/α-hetero) is 1. The number of ether oxygens (including phenoxy) is 1. The van der Waals surface area contributed by atoms with Crippen molar-refractivity contribution in [1.29, 1.82) is 0 Å². The molecule has 0 bridgehead atoms. The van der Waals surface area contributed by atoms with Gasteiger partial charge in [0.2, 0.25) is 0 Å². The molecule has 20 heavy (non-hydrogen) atoms. The Labute approximate surface area is 119 Å². The van der Waals surface area contributed by atoms with E-state index in [2.05, 4.69) is 12.1 Å². The van der Waals surface area contributed by atoms with Crippen molar-refractivity contribution in [3.8, 4) is 0 Å². The largest absolute Gasteiger partial charge is 0.465 e. The van der Waals surface area contributed by atoms with Crippen LogP contribution in [0.1, 0.15) is 37.7 Å². The first-order valence-electron chi connectivity index (χ1n) is 7.48. The van der Waals surface area contributed by atoms with Crippen molar-refractivity contribution in [2.45, 2.75) is 38.5 Å². The molecule has 1 aliphatic carbocycles. The zero-order valence-electron chi connectivity index (χ0n) is 11.6. The summed E-state index contributed by atoms with van der Waals surface area (Å²) in [4.78, 5) is 24.5. The fraction of sp³-hybridized carbons (Fsp3) is 0.529. The van der Waals surface area contributed by atoms with E-state index in [1.54, 1.807) is 0 Å². The van der Waals surface area contributed by atoms with E-state index >= 15 is 0 Å². The molecule has 1 spiro atoms. The van der Waals surface area contributed by atoms with Crippen LogP contribution in [0.4, 0.5) is 0 Å². The zero-order chi connectivity index (χ0) is 14.0. The Balaban J connectivity index is 1.76. The maximum atomic E-state index is 12.3. The quantitative estimate of drug-likeness (QED) is 0.627. The summed E-state index contributed by atoms with van der Waals surface area (Å²) < 4.78 is 5.21. The van der Waals surface area contributed by atoms with Crippen molar-refractivity contribution in [2.75, 3.05) is 6.61 Å². The minimum Gasteiger partial charge on any atom is -0.465 e. The van der Waals surface area contributed by atoms with Gasteiger partial charge in [-0.2, -0.15) is 0 Å². The monoisotopic (exact) mass is 272 g/mol. The molecular weight excluding hydrogens is 252 g/mol. The average Bonchev–Trinajstić information content (AvgIpc) is 2.85. The second-order valence-corrected chi connectivity index (χ2v) is 5.89. The van der Waals surface area contributed by atoms with Gasteiger partial charge in [-0.1, -0.05) is 30.3 Å². The second-order valence-electron chi connectivity index (χ2n) is 5.89. The predicted molar refractivity (Wildman–Crippen MR) is 75.1 cm³/mol. The molecule has 1 aromatic rings. The standard InChI is InChI=1S/C17H20O3/c18-15-7-4-11-17(15)14(10-12-20-16(17)19)9-8-13-5-2-1-3-6-13/h1-3,5-6,14H,4,7-12H2/t14-,17-/m1/s1. The Morgan fingerprint density at radius 3 is 2.70 bits per heavy atom. The highest BCUT2D eigenvalue weighted by Crippen LogP contribution is 2.48. The molecule has 0 N–H and O–H groups in total.